The Morgan fingerprint density at radius 1 is 1.13 bits per heavy atom. The van der Waals surface area contributed by atoms with Gasteiger partial charge in [-0.2, -0.15) is 0 Å². The van der Waals surface area contributed by atoms with Gasteiger partial charge < -0.3 is 4.74 Å². The van der Waals surface area contributed by atoms with Gasteiger partial charge in [-0.15, -0.1) is 0 Å². The van der Waals surface area contributed by atoms with Gasteiger partial charge >= 0.3 is 0 Å². The zero-order valence-corrected chi connectivity index (χ0v) is 11.0. The summed E-state index contributed by atoms with van der Waals surface area (Å²) in [7, 11) is 1.71. The second-order valence-electron chi connectivity index (χ2n) is 4.23. The van der Waals surface area contributed by atoms with E-state index >= 15 is 0 Å². The molecule has 0 unspecified atom stereocenters. The van der Waals surface area contributed by atoms with E-state index in [9.17, 15) is 0 Å². The molecule has 0 saturated heterocycles. The first-order valence-electron chi connectivity index (χ1n) is 4.88. The fraction of sp³-hybridized carbons (Fsp3) is 0.500. The number of rotatable bonds is 3. The maximum Gasteiger partial charge on any atom is 0.0688 e. The highest BCUT2D eigenvalue weighted by Crippen LogP contribution is 2.33. The molecule has 3 heteroatoms. The van der Waals surface area contributed by atoms with Crippen molar-refractivity contribution in [2.75, 3.05) is 7.11 Å². The maximum absolute atomic E-state index is 5.96. The van der Waals surface area contributed by atoms with Crippen LogP contribution in [0.25, 0.3) is 0 Å². The highest BCUT2D eigenvalue weighted by atomic mass is 35.5. The molecular formula is C12H16Cl2O. The molecule has 0 aromatic heterocycles. The fourth-order valence-corrected chi connectivity index (χ4v) is 1.95. The van der Waals surface area contributed by atoms with Gasteiger partial charge in [0.05, 0.1) is 5.60 Å². The van der Waals surface area contributed by atoms with Crippen molar-refractivity contribution in [2.24, 2.45) is 0 Å². The van der Waals surface area contributed by atoms with Crippen LogP contribution in [0.4, 0.5) is 0 Å². The second-order valence-corrected chi connectivity index (χ2v) is 5.10. The first kappa shape index (κ1) is 12.8. The Kier molecular flexibility index (Phi) is 4.05. The van der Waals surface area contributed by atoms with Crippen LogP contribution in [0.5, 0.6) is 0 Å². The average molecular weight is 247 g/mol. The highest BCUT2D eigenvalue weighted by molar-refractivity contribution is 6.34. The second kappa shape index (κ2) is 4.73. The van der Waals surface area contributed by atoms with E-state index < -0.39 is 0 Å². The van der Waals surface area contributed by atoms with Gasteiger partial charge in [0.25, 0.3) is 0 Å². The minimum Gasteiger partial charge on any atom is -0.378 e. The van der Waals surface area contributed by atoms with Gasteiger partial charge in [-0.25, -0.2) is 0 Å². The average Bonchev–Trinajstić information content (AvgIpc) is 2.15. The normalized spacial score (nSPS) is 14.0. The summed E-state index contributed by atoms with van der Waals surface area (Å²) < 4.78 is 5.45. The molecular weight excluding hydrogens is 231 g/mol. The SMILES string of the molecule is COC(C)(C)[C@@H](C)c1cc(Cl)cc(Cl)c1. The zero-order valence-electron chi connectivity index (χ0n) is 9.47. The minimum absolute atomic E-state index is 0.228. The topological polar surface area (TPSA) is 9.23 Å². The Bertz CT molecular complexity index is 327. The third-order valence-corrected chi connectivity index (χ3v) is 3.39. The summed E-state index contributed by atoms with van der Waals surface area (Å²) in [5, 5.41) is 1.33. The van der Waals surface area contributed by atoms with Crippen LogP contribution < -0.4 is 0 Å². The third-order valence-electron chi connectivity index (χ3n) is 2.95. The lowest BCUT2D eigenvalue weighted by Gasteiger charge is -2.30. The molecule has 0 heterocycles. The van der Waals surface area contributed by atoms with Crippen molar-refractivity contribution in [1.82, 2.24) is 0 Å². The summed E-state index contributed by atoms with van der Waals surface area (Å²) in [5.74, 6) is 0.235. The minimum atomic E-state index is -0.228. The lowest BCUT2D eigenvalue weighted by Crippen LogP contribution is -2.29. The van der Waals surface area contributed by atoms with E-state index in [0.29, 0.717) is 10.0 Å². The summed E-state index contributed by atoms with van der Waals surface area (Å²) in [5.41, 5.74) is 0.868. The van der Waals surface area contributed by atoms with Gasteiger partial charge in [-0.3, -0.25) is 0 Å². The summed E-state index contributed by atoms with van der Waals surface area (Å²) in [6.45, 7) is 6.20. The van der Waals surface area contributed by atoms with Gasteiger partial charge in [0.15, 0.2) is 0 Å². The Balaban J connectivity index is 3.06. The van der Waals surface area contributed by atoms with Gasteiger partial charge in [0, 0.05) is 23.1 Å². The summed E-state index contributed by atoms with van der Waals surface area (Å²) in [6.07, 6.45) is 0. The first-order valence-corrected chi connectivity index (χ1v) is 5.63. The smallest absolute Gasteiger partial charge is 0.0688 e. The number of hydrogen-bond donors (Lipinski definition) is 0. The van der Waals surface area contributed by atoms with Crippen LogP contribution >= 0.6 is 23.2 Å². The highest BCUT2D eigenvalue weighted by Gasteiger charge is 2.26. The van der Waals surface area contributed by atoms with Gasteiger partial charge in [-0.1, -0.05) is 30.1 Å². The van der Waals surface area contributed by atoms with Crippen LogP contribution in [0.15, 0.2) is 18.2 Å². The Labute approximate surface area is 101 Å². The molecule has 0 aliphatic heterocycles. The largest absolute Gasteiger partial charge is 0.378 e. The third kappa shape index (κ3) is 3.10. The van der Waals surface area contributed by atoms with E-state index in [2.05, 4.69) is 6.92 Å². The van der Waals surface area contributed by atoms with Gasteiger partial charge in [0.1, 0.15) is 0 Å². The summed E-state index contributed by atoms with van der Waals surface area (Å²) in [4.78, 5) is 0. The van der Waals surface area contributed by atoms with Crippen LogP contribution in [0.3, 0.4) is 0 Å². The molecule has 0 radical (unpaired) electrons. The number of hydrogen-bond acceptors (Lipinski definition) is 1. The molecule has 1 atom stereocenters. The molecule has 0 bridgehead atoms. The van der Waals surface area contributed by atoms with Crippen molar-refractivity contribution in [3.8, 4) is 0 Å². The Hall–Kier alpha value is -0.240. The molecule has 84 valence electrons. The number of methoxy groups -OCH3 is 1. The van der Waals surface area contributed by atoms with Crippen LogP contribution in [0.1, 0.15) is 32.3 Å². The van der Waals surface area contributed by atoms with E-state index in [-0.39, 0.29) is 11.5 Å². The van der Waals surface area contributed by atoms with Crippen LogP contribution in [-0.4, -0.2) is 12.7 Å². The van der Waals surface area contributed by atoms with E-state index in [1.807, 2.05) is 26.0 Å². The van der Waals surface area contributed by atoms with Crippen LogP contribution in [0, 0.1) is 0 Å². The van der Waals surface area contributed by atoms with E-state index in [1.165, 1.54) is 0 Å². The van der Waals surface area contributed by atoms with Crippen molar-refractivity contribution in [3.05, 3.63) is 33.8 Å². The predicted octanol–water partition coefficient (Wildman–Crippen LogP) is 4.52. The maximum atomic E-state index is 5.96. The van der Waals surface area contributed by atoms with Crippen molar-refractivity contribution < 1.29 is 4.74 Å². The van der Waals surface area contributed by atoms with Crippen LogP contribution in [0.2, 0.25) is 10.0 Å². The van der Waals surface area contributed by atoms with Gasteiger partial charge in [0.2, 0.25) is 0 Å². The zero-order chi connectivity index (χ0) is 11.6. The predicted molar refractivity (Wildman–Crippen MR) is 66.0 cm³/mol. The van der Waals surface area contributed by atoms with Crippen molar-refractivity contribution in [2.45, 2.75) is 32.3 Å². The number of benzene rings is 1. The van der Waals surface area contributed by atoms with E-state index in [4.69, 9.17) is 27.9 Å². The van der Waals surface area contributed by atoms with E-state index in [0.717, 1.165) is 5.56 Å². The van der Waals surface area contributed by atoms with Crippen molar-refractivity contribution in [3.63, 3.8) is 0 Å². The van der Waals surface area contributed by atoms with Crippen molar-refractivity contribution >= 4 is 23.2 Å². The molecule has 1 aromatic rings. The molecule has 15 heavy (non-hydrogen) atoms. The van der Waals surface area contributed by atoms with Crippen LogP contribution in [-0.2, 0) is 4.74 Å². The fourth-order valence-electron chi connectivity index (χ4n) is 1.40. The number of ether oxygens (including phenoxy) is 1. The first-order chi connectivity index (χ1) is 6.86. The number of halogens is 2. The Morgan fingerprint density at radius 3 is 2.00 bits per heavy atom. The summed E-state index contributed by atoms with van der Waals surface area (Å²) >= 11 is 11.9. The quantitative estimate of drug-likeness (QED) is 0.762. The molecule has 1 nitrogen and oxygen atoms in total. The molecule has 0 amide bonds. The van der Waals surface area contributed by atoms with Gasteiger partial charge in [-0.05, 0) is 37.6 Å². The lowest BCUT2D eigenvalue weighted by atomic mass is 9.86. The molecule has 0 aliphatic carbocycles. The molecule has 0 spiro atoms. The Morgan fingerprint density at radius 2 is 1.60 bits per heavy atom. The molecule has 0 aliphatic rings. The molecule has 1 rings (SSSR count). The lowest BCUT2D eigenvalue weighted by molar-refractivity contribution is 0.00323. The van der Waals surface area contributed by atoms with E-state index in [1.54, 1.807) is 13.2 Å². The summed E-state index contributed by atoms with van der Waals surface area (Å²) in [6, 6.07) is 5.59. The monoisotopic (exact) mass is 246 g/mol. The molecule has 0 saturated carbocycles. The standard InChI is InChI=1S/C12H16Cl2O/c1-8(12(2,3)15-4)9-5-10(13)7-11(14)6-9/h5-8H,1-4H3/t8-/m0/s1. The molecule has 0 N–H and O–H groups in total. The molecule has 1 aromatic carbocycles. The van der Waals surface area contributed by atoms with Crippen molar-refractivity contribution in [1.29, 1.82) is 0 Å². The molecule has 0 fully saturated rings.